The molecule has 0 radical (unpaired) electrons. The van der Waals surface area contributed by atoms with Crippen LogP contribution in [0.25, 0.3) is 0 Å². The van der Waals surface area contributed by atoms with Crippen molar-refractivity contribution in [2.24, 2.45) is 0 Å². The average Bonchev–Trinajstić information content (AvgIpc) is 1.96. The van der Waals surface area contributed by atoms with Gasteiger partial charge in [-0.25, -0.2) is 4.39 Å². The van der Waals surface area contributed by atoms with Crippen molar-refractivity contribution in [3.05, 3.63) is 11.6 Å². The molecule has 0 aromatic heterocycles. The Hall–Kier alpha value is -0.860. The molecule has 82 valence electrons. The van der Waals surface area contributed by atoms with Crippen LogP contribution in [-0.4, -0.2) is 17.6 Å². The zero-order chi connectivity index (χ0) is 11.4. The summed E-state index contributed by atoms with van der Waals surface area (Å²) in [6.45, 7) is 8.96. The smallest absolute Gasteiger partial charge is 0.244 e. The third-order valence-electron chi connectivity index (χ3n) is 1.73. The minimum Gasteiger partial charge on any atom is -0.348 e. The standard InChI is InChI=1S/C11H20FNO/c1-6-9(8(2)12)7-10(14)13-11(3,4)5/h7-8H,6H2,1-5H3,(H,13,14)/b9-7-. The highest BCUT2D eigenvalue weighted by molar-refractivity contribution is 5.88. The van der Waals surface area contributed by atoms with Crippen LogP contribution in [0, 0.1) is 0 Å². The van der Waals surface area contributed by atoms with Crippen LogP contribution in [0.5, 0.6) is 0 Å². The second-order valence-electron chi connectivity index (χ2n) is 4.43. The number of halogens is 1. The molecule has 0 heterocycles. The maximum Gasteiger partial charge on any atom is 0.244 e. The number of allylic oxidation sites excluding steroid dienone is 1. The number of hydrogen-bond donors (Lipinski definition) is 1. The van der Waals surface area contributed by atoms with E-state index < -0.39 is 6.17 Å². The van der Waals surface area contributed by atoms with Crippen LogP contribution in [0.4, 0.5) is 4.39 Å². The fourth-order valence-corrected chi connectivity index (χ4v) is 1.07. The van der Waals surface area contributed by atoms with Gasteiger partial charge in [0, 0.05) is 11.6 Å². The van der Waals surface area contributed by atoms with Gasteiger partial charge in [-0.1, -0.05) is 6.92 Å². The summed E-state index contributed by atoms with van der Waals surface area (Å²) in [5, 5.41) is 2.76. The van der Waals surface area contributed by atoms with Crippen LogP contribution in [0.3, 0.4) is 0 Å². The Morgan fingerprint density at radius 3 is 2.29 bits per heavy atom. The van der Waals surface area contributed by atoms with Crippen molar-refractivity contribution in [1.82, 2.24) is 5.32 Å². The van der Waals surface area contributed by atoms with Gasteiger partial charge in [-0.2, -0.15) is 0 Å². The maximum absolute atomic E-state index is 12.9. The molecular formula is C11H20FNO. The van der Waals surface area contributed by atoms with Crippen molar-refractivity contribution in [1.29, 1.82) is 0 Å². The Bertz CT molecular complexity index is 226. The Kier molecular flexibility index (Phi) is 4.81. The molecule has 0 aromatic carbocycles. The normalized spacial score (nSPS) is 15.1. The van der Waals surface area contributed by atoms with Crippen molar-refractivity contribution >= 4 is 5.91 Å². The molecule has 0 aliphatic carbocycles. The molecule has 0 aromatic rings. The number of hydrogen-bond acceptors (Lipinski definition) is 1. The predicted molar refractivity (Wildman–Crippen MR) is 56.8 cm³/mol. The van der Waals surface area contributed by atoms with E-state index in [2.05, 4.69) is 5.32 Å². The first-order chi connectivity index (χ1) is 6.26. The quantitative estimate of drug-likeness (QED) is 0.699. The third kappa shape index (κ3) is 5.73. The zero-order valence-electron chi connectivity index (χ0n) is 9.65. The lowest BCUT2D eigenvalue weighted by Crippen LogP contribution is -2.39. The minimum atomic E-state index is -1.05. The molecule has 2 nitrogen and oxygen atoms in total. The summed E-state index contributed by atoms with van der Waals surface area (Å²) in [5.41, 5.74) is 0.262. The molecule has 1 unspecified atom stereocenters. The molecule has 0 bridgehead atoms. The minimum absolute atomic E-state index is 0.223. The number of amides is 1. The lowest BCUT2D eigenvalue weighted by Gasteiger charge is -2.19. The number of rotatable bonds is 3. The fourth-order valence-electron chi connectivity index (χ4n) is 1.07. The fraction of sp³-hybridized carbons (Fsp3) is 0.727. The van der Waals surface area contributed by atoms with Gasteiger partial charge in [0.15, 0.2) is 0 Å². The van der Waals surface area contributed by atoms with E-state index in [1.165, 1.54) is 13.0 Å². The first kappa shape index (κ1) is 13.1. The summed E-state index contributed by atoms with van der Waals surface area (Å²) < 4.78 is 12.9. The SMILES string of the molecule is CC/C(=C/C(=O)NC(C)(C)C)C(C)F. The summed E-state index contributed by atoms with van der Waals surface area (Å²) in [6.07, 6.45) is 0.872. The van der Waals surface area contributed by atoms with Gasteiger partial charge in [-0.05, 0) is 39.7 Å². The monoisotopic (exact) mass is 201 g/mol. The van der Waals surface area contributed by atoms with Gasteiger partial charge in [0.05, 0.1) is 0 Å². The lowest BCUT2D eigenvalue weighted by molar-refractivity contribution is -0.117. The molecule has 1 amide bonds. The van der Waals surface area contributed by atoms with Crippen LogP contribution in [0.1, 0.15) is 41.0 Å². The van der Waals surface area contributed by atoms with Gasteiger partial charge >= 0.3 is 0 Å². The molecule has 14 heavy (non-hydrogen) atoms. The largest absolute Gasteiger partial charge is 0.348 e. The summed E-state index contributed by atoms with van der Waals surface area (Å²) >= 11 is 0. The topological polar surface area (TPSA) is 29.1 Å². The predicted octanol–water partition coefficient (Wildman–Crippen LogP) is 2.60. The summed E-state index contributed by atoms with van der Waals surface area (Å²) in [6, 6.07) is 0. The van der Waals surface area contributed by atoms with Crippen molar-refractivity contribution in [2.45, 2.75) is 52.8 Å². The van der Waals surface area contributed by atoms with Crippen LogP contribution >= 0.6 is 0 Å². The molecule has 3 heteroatoms. The highest BCUT2D eigenvalue weighted by Gasteiger charge is 2.13. The van der Waals surface area contributed by atoms with Crippen LogP contribution < -0.4 is 5.32 Å². The number of carbonyl (C=O) groups excluding carboxylic acids is 1. The molecule has 0 saturated heterocycles. The highest BCUT2D eigenvalue weighted by atomic mass is 19.1. The number of nitrogens with one attached hydrogen (secondary N) is 1. The Balaban J connectivity index is 4.41. The lowest BCUT2D eigenvalue weighted by atomic mass is 10.1. The van der Waals surface area contributed by atoms with E-state index in [0.717, 1.165) is 0 Å². The summed E-state index contributed by atoms with van der Waals surface area (Å²) in [4.78, 5) is 11.4. The molecule has 0 aliphatic rings. The van der Waals surface area contributed by atoms with Gasteiger partial charge < -0.3 is 5.32 Å². The van der Waals surface area contributed by atoms with Crippen molar-refractivity contribution < 1.29 is 9.18 Å². The molecule has 0 spiro atoms. The summed E-state index contributed by atoms with van der Waals surface area (Å²) in [7, 11) is 0. The van der Waals surface area contributed by atoms with E-state index in [1.54, 1.807) is 0 Å². The van der Waals surface area contributed by atoms with Gasteiger partial charge in [0.1, 0.15) is 6.17 Å². The van der Waals surface area contributed by atoms with Crippen LogP contribution in [0.15, 0.2) is 11.6 Å². The maximum atomic E-state index is 12.9. The first-order valence-corrected chi connectivity index (χ1v) is 4.93. The van der Waals surface area contributed by atoms with E-state index >= 15 is 0 Å². The molecular weight excluding hydrogens is 181 g/mol. The van der Waals surface area contributed by atoms with Crippen LogP contribution in [0.2, 0.25) is 0 Å². The van der Waals surface area contributed by atoms with E-state index in [0.29, 0.717) is 12.0 Å². The van der Waals surface area contributed by atoms with Crippen molar-refractivity contribution in [3.8, 4) is 0 Å². The van der Waals surface area contributed by atoms with E-state index in [-0.39, 0.29) is 11.4 Å². The highest BCUT2D eigenvalue weighted by Crippen LogP contribution is 2.10. The third-order valence-corrected chi connectivity index (χ3v) is 1.73. The Morgan fingerprint density at radius 2 is 2.00 bits per heavy atom. The van der Waals surface area contributed by atoms with Gasteiger partial charge in [-0.15, -0.1) is 0 Å². The van der Waals surface area contributed by atoms with Crippen LogP contribution in [-0.2, 0) is 4.79 Å². The number of carbonyl (C=O) groups is 1. The Labute approximate surface area is 85.6 Å². The van der Waals surface area contributed by atoms with Gasteiger partial charge in [-0.3, -0.25) is 4.79 Å². The Morgan fingerprint density at radius 1 is 1.50 bits per heavy atom. The molecule has 0 fully saturated rings. The molecule has 0 aliphatic heterocycles. The number of alkyl halides is 1. The zero-order valence-corrected chi connectivity index (χ0v) is 9.65. The van der Waals surface area contributed by atoms with Gasteiger partial charge in [0.25, 0.3) is 0 Å². The van der Waals surface area contributed by atoms with E-state index in [1.807, 2.05) is 27.7 Å². The molecule has 0 rings (SSSR count). The average molecular weight is 201 g/mol. The van der Waals surface area contributed by atoms with E-state index in [4.69, 9.17) is 0 Å². The molecule has 0 saturated carbocycles. The van der Waals surface area contributed by atoms with Gasteiger partial charge in [0.2, 0.25) is 5.91 Å². The second-order valence-corrected chi connectivity index (χ2v) is 4.43. The molecule has 1 N–H and O–H groups in total. The first-order valence-electron chi connectivity index (χ1n) is 4.93. The second kappa shape index (κ2) is 5.13. The van der Waals surface area contributed by atoms with Crippen molar-refractivity contribution in [3.63, 3.8) is 0 Å². The summed E-state index contributed by atoms with van der Waals surface area (Å²) in [5.74, 6) is -0.223. The molecule has 1 atom stereocenters. The van der Waals surface area contributed by atoms with E-state index in [9.17, 15) is 9.18 Å². The van der Waals surface area contributed by atoms with Crippen molar-refractivity contribution in [2.75, 3.05) is 0 Å².